The first-order valence-electron chi connectivity index (χ1n) is 10.5. The van der Waals surface area contributed by atoms with E-state index in [0.717, 1.165) is 12.8 Å². The van der Waals surface area contributed by atoms with Gasteiger partial charge in [0, 0.05) is 19.6 Å². The summed E-state index contributed by atoms with van der Waals surface area (Å²) >= 11 is 1.41. The monoisotopic (exact) mass is 418 g/mol. The van der Waals surface area contributed by atoms with Gasteiger partial charge in [0.2, 0.25) is 5.91 Å². The standard InChI is InChI=1S/C22H31FN4OS/c1-15(2)14-27-20(18-12-8-9-13-19(18)23)24-25-22(27)29-16(3)21(28)26(4)17-10-6-5-7-11-17/h8-9,12-13,15-17H,5-7,10-11,14H2,1-4H3. The Kier molecular flexibility index (Phi) is 7.33. The molecule has 1 amide bonds. The SMILES string of the molecule is CC(C)Cn1c(SC(C)C(=O)N(C)C2CCCCC2)nnc1-c1ccccc1F. The Bertz CT molecular complexity index is 832. The zero-order valence-electron chi connectivity index (χ0n) is 17.8. The van der Waals surface area contributed by atoms with Crippen LogP contribution in [-0.2, 0) is 11.3 Å². The largest absolute Gasteiger partial charge is 0.342 e. The van der Waals surface area contributed by atoms with Crippen LogP contribution in [-0.4, -0.2) is 43.9 Å². The molecule has 1 heterocycles. The highest BCUT2D eigenvalue weighted by molar-refractivity contribution is 8.00. The first-order valence-corrected chi connectivity index (χ1v) is 11.4. The molecule has 0 N–H and O–H groups in total. The van der Waals surface area contributed by atoms with Gasteiger partial charge < -0.3 is 9.47 Å². The van der Waals surface area contributed by atoms with Gasteiger partial charge in [0.25, 0.3) is 0 Å². The first-order chi connectivity index (χ1) is 13.9. The van der Waals surface area contributed by atoms with Crippen LogP contribution >= 0.6 is 11.8 Å². The lowest BCUT2D eigenvalue weighted by atomic mass is 9.94. The molecule has 0 saturated heterocycles. The van der Waals surface area contributed by atoms with Crippen molar-refractivity contribution >= 4 is 17.7 Å². The molecule has 2 aromatic rings. The topological polar surface area (TPSA) is 51.0 Å². The van der Waals surface area contributed by atoms with Crippen molar-refractivity contribution in [3.8, 4) is 11.4 Å². The highest BCUT2D eigenvalue weighted by Gasteiger charge is 2.28. The van der Waals surface area contributed by atoms with Crippen molar-refractivity contribution in [2.75, 3.05) is 7.05 Å². The lowest BCUT2D eigenvalue weighted by Gasteiger charge is -2.32. The van der Waals surface area contributed by atoms with Gasteiger partial charge in [-0.2, -0.15) is 0 Å². The number of amides is 1. The molecule has 1 aromatic carbocycles. The van der Waals surface area contributed by atoms with Gasteiger partial charge in [-0.1, -0.05) is 57.0 Å². The quantitative estimate of drug-likeness (QED) is 0.593. The molecule has 1 saturated carbocycles. The van der Waals surface area contributed by atoms with Crippen molar-refractivity contribution in [2.24, 2.45) is 5.92 Å². The van der Waals surface area contributed by atoms with Gasteiger partial charge in [-0.25, -0.2) is 4.39 Å². The summed E-state index contributed by atoms with van der Waals surface area (Å²) in [4.78, 5) is 14.9. The van der Waals surface area contributed by atoms with Gasteiger partial charge in [-0.3, -0.25) is 4.79 Å². The van der Waals surface area contributed by atoms with Crippen LogP contribution in [0.15, 0.2) is 29.4 Å². The van der Waals surface area contributed by atoms with Crippen LogP contribution < -0.4 is 0 Å². The van der Waals surface area contributed by atoms with Crippen LogP contribution in [0.2, 0.25) is 0 Å². The predicted molar refractivity (Wildman–Crippen MR) is 115 cm³/mol. The molecule has 1 aliphatic rings. The lowest BCUT2D eigenvalue weighted by molar-refractivity contribution is -0.131. The number of aromatic nitrogens is 3. The van der Waals surface area contributed by atoms with Crippen LogP contribution in [0.1, 0.15) is 52.9 Å². The second-order valence-corrected chi connectivity index (χ2v) is 9.60. The molecule has 1 fully saturated rings. The highest BCUT2D eigenvalue weighted by atomic mass is 32.2. The number of halogens is 1. The molecule has 1 atom stereocenters. The summed E-state index contributed by atoms with van der Waals surface area (Å²) in [6, 6.07) is 6.95. The zero-order valence-corrected chi connectivity index (χ0v) is 18.6. The van der Waals surface area contributed by atoms with Crippen LogP contribution in [0.3, 0.4) is 0 Å². The van der Waals surface area contributed by atoms with Gasteiger partial charge >= 0.3 is 0 Å². The summed E-state index contributed by atoms with van der Waals surface area (Å²) in [5.41, 5.74) is 0.436. The van der Waals surface area contributed by atoms with E-state index < -0.39 is 0 Å². The van der Waals surface area contributed by atoms with E-state index in [-0.39, 0.29) is 17.0 Å². The Labute approximate surface area is 177 Å². The molecule has 1 unspecified atom stereocenters. The third-order valence-corrected chi connectivity index (χ3v) is 6.55. The number of hydrogen-bond donors (Lipinski definition) is 0. The van der Waals surface area contributed by atoms with Gasteiger partial charge in [0.05, 0.1) is 10.8 Å². The van der Waals surface area contributed by atoms with Crippen molar-refractivity contribution in [1.82, 2.24) is 19.7 Å². The molecule has 0 radical (unpaired) electrons. The minimum atomic E-state index is -0.317. The fraction of sp³-hybridized carbons (Fsp3) is 0.591. The Balaban J connectivity index is 1.81. The Hall–Kier alpha value is -1.89. The number of thioether (sulfide) groups is 1. The number of carbonyl (C=O) groups is 1. The van der Waals surface area contributed by atoms with Crippen molar-refractivity contribution in [3.63, 3.8) is 0 Å². The average Bonchev–Trinajstić information content (AvgIpc) is 3.09. The minimum absolute atomic E-state index is 0.119. The fourth-order valence-electron chi connectivity index (χ4n) is 3.89. The minimum Gasteiger partial charge on any atom is -0.342 e. The van der Waals surface area contributed by atoms with Crippen LogP contribution in [0.4, 0.5) is 4.39 Å². The maximum atomic E-state index is 14.4. The molecule has 3 rings (SSSR count). The first kappa shape index (κ1) is 21.8. The van der Waals surface area contributed by atoms with E-state index >= 15 is 0 Å². The molecule has 0 spiro atoms. The van der Waals surface area contributed by atoms with E-state index in [0.29, 0.717) is 35.0 Å². The van der Waals surface area contributed by atoms with E-state index in [1.54, 1.807) is 18.2 Å². The highest BCUT2D eigenvalue weighted by Crippen LogP contribution is 2.30. The molecule has 1 aromatic heterocycles. The van der Waals surface area contributed by atoms with Crippen molar-refractivity contribution < 1.29 is 9.18 Å². The Morgan fingerprint density at radius 2 is 1.90 bits per heavy atom. The second-order valence-electron chi connectivity index (χ2n) is 8.29. The second kappa shape index (κ2) is 9.74. The van der Waals surface area contributed by atoms with E-state index in [1.807, 2.05) is 23.4 Å². The molecule has 7 heteroatoms. The lowest BCUT2D eigenvalue weighted by Crippen LogP contribution is -2.42. The normalized spacial score (nSPS) is 16.2. The molecule has 0 bridgehead atoms. The molecule has 5 nitrogen and oxygen atoms in total. The number of benzene rings is 1. The Morgan fingerprint density at radius 3 is 2.55 bits per heavy atom. The number of nitrogens with zero attached hydrogens (tertiary/aromatic N) is 4. The van der Waals surface area contributed by atoms with Crippen LogP contribution in [0.5, 0.6) is 0 Å². The predicted octanol–water partition coefficient (Wildman–Crippen LogP) is 5.01. The molecular weight excluding hydrogens is 387 g/mol. The number of carbonyl (C=O) groups excluding carboxylic acids is 1. The van der Waals surface area contributed by atoms with Crippen molar-refractivity contribution in [3.05, 3.63) is 30.1 Å². The maximum absolute atomic E-state index is 14.4. The summed E-state index contributed by atoms with van der Waals surface area (Å²) in [7, 11) is 1.92. The van der Waals surface area contributed by atoms with E-state index in [9.17, 15) is 9.18 Å². The summed E-state index contributed by atoms with van der Waals surface area (Å²) < 4.78 is 16.3. The van der Waals surface area contributed by atoms with Gasteiger partial charge in [0.1, 0.15) is 5.82 Å². The third-order valence-electron chi connectivity index (χ3n) is 5.48. The van der Waals surface area contributed by atoms with E-state index in [2.05, 4.69) is 24.0 Å². The van der Waals surface area contributed by atoms with Gasteiger partial charge in [-0.15, -0.1) is 10.2 Å². The molecule has 29 heavy (non-hydrogen) atoms. The average molecular weight is 419 g/mol. The van der Waals surface area contributed by atoms with Crippen molar-refractivity contribution in [1.29, 1.82) is 0 Å². The van der Waals surface area contributed by atoms with E-state index in [1.165, 1.54) is 37.1 Å². The summed E-state index contributed by atoms with van der Waals surface area (Å²) in [5.74, 6) is 0.655. The third kappa shape index (κ3) is 5.18. The molecule has 0 aliphatic heterocycles. The van der Waals surface area contributed by atoms with Gasteiger partial charge in [0.15, 0.2) is 11.0 Å². The van der Waals surface area contributed by atoms with Gasteiger partial charge in [-0.05, 0) is 37.8 Å². The maximum Gasteiger partial charge on any atom is 0.235 e. The molecule has 158 valence electrons. The zero-order chi connectivity index (χ0) is 21.0. The van der Waals surface area contributed by atoms with E-state index in [4.69, 9.17) is 0 Å². The fourth-order valence-corrected chi connectivity index (χ4v) is 4.85. The summed E-state index contributed by atoms with van der Waals surface area (Å²) in [6.45, 7) is 6.79. The molecular formula is C22H31FN4OS. The van der Waals surface area contributed by atoms with Crippen LogP contribution in [0, 0.1) is 11.7 Å². The summed E-state index contributed by atoms with van der Waals surface area (Å²) in [6.07, 6.45) is 5.82. The summed E-state index contributed by atoms with van der Waals surface area (Å²) in [5, 5.41) is 8.98. The smallest absolute Gasteiger partial charge is 0.235 e. The van der Waals surface area contributed by atoms with Crippen molar-refractivity contribution in [2.45, 2.75) is 75.9 Å². The van der Waals surface area contributed by atoms with Crippen LogP contribution in [0.25, 0.3) is 11.4 Å². The number of rotatable bonds is 7. The molecule has 1 aliphatic carbocycles. The Morgan fingerprint density at radius 1 is 1.21 bits per heavy atom. The number of hydrogen-bond acceptors (Lipinski definition) is 4.